The Bertz CT molecular complexity index is 1640. The van der Waals surface area contributed by atoms with Crippen LogP contribution in [0.3, 0.4) is 0 Å². The Morgan fingerprint density at radius 3 is 1.17 bits per heavy atom. The van der Waals surface area contributed by atoms with Gasteiger partial charge in [-0.1, -0.05) is 6.07 Å². The summed E-state index contributed by atoms with van der Waals surface area (Å²) in [5, 5.41) is 98.0. The van der Waals surface area contributed by atoms with Crippen LogP contribution in [0.15, 0.2) is 18.2 Å². The first-order valence-electron chi connectivity index (χ1n) is 39.0. The van der Waals surface area contributed by atoms with Gasteiger partial charge < -0.3 is 220 Å². The van der Waals surface area contributed by atoms with Crippen molar-refractivity contribution in [2.75, 3.05) is 266 Å². The van der Waals surface area contributed by atoms with Gasteiger partial charge in [-0.25, -0.2) is 0 Å². The highest BCUT2D eigenvalue weighted by Gasteiger charge is 2.31. The number of hydrogen-bond donors (Lipinski definition) is 29. The van der Waals surface area contributed by atoms with Gasteiger partial charge >= 0.3 is 0 Å². The van der Waals surface area contributed by atoms with E-state index in [-0.39, 0.29) is 90.3 Å². The van der Waals surface area contributed by atoms with E-state index in [0.29, 0.717) is 124 Å². The maximum absolute atomic E-state index is 8.31. The van der Waals surface area contributed by atoms with Crippen molar-refractivity contribution in [3.63, 3.8) is 0 Å². The molecule has 0 bridgehead atoms. The lowest BCUT2D eigenvalue weighted by Crippen LogP contribution is -2.43. The molecule has 115 heavy (non-hydrogen) atoms. The summed E-state index contributed by atoms with van der Waals surface area (Å²) in [4.78, 5) is 0. The van der Waals surface area contributed by atoms with Crippen LogP contribution < -0.4 is 107 Å². The molecule has 0 spiro atoms. The number of aliphatic hydroxyl groups is 12. The Kier molecular flexibility index (Phi) is 155. The highest BCUT2D eigenvalue weighted by Crippen LogP contribution is 2.27. The molecule has 42 nitrogen and oxygen atoms in total. The number of benzene rings is 1. The summed E-state index contributed by atoms with van der Waals surface area (Å²) in [6.07, 6.45) is 9.34. The van der Waals surface area contributed by atoms with Gasteiger partial charge in [0, 0.05) is 133 Å². The smallest absolute Gasteiger partial charge is 0.168 e. The summed E-state index contributed by atoms with van der Waals surface area (Å²) < 4.78 is 64.5. The topological polar surface area (TPSA) is 805 Å². The van der Waals surface area contributed by atoms with Crippen molar-refractivity contribution in [2.45, 2.75) is 173 Å². The third kappa shape index (κ3) is 149. The maximum Gasteiger partial charge on any atom is 0.168 e. The molecule has 4 rings (SSSR count). The Hall–Kier alpha value is -2.78. The van der Waals surface area contributed by atoms with Crippen LogP contribution in [0, 0.1) is 0 Å². The van der Waals surface area contributed by atoms with Crippen LogP contribution in [-0.2, 0) is 58.5 Å². The monoisotopic (exact) mass is 1700 g/mol. The minimum atomic E-state index is -0.806. The number of nitrogens with two attached hydrogens (primary N) is 17. The van der Waals surface area contributed by atoms with Crippen molar-refractivity contribution in [3.8, 4) is 11.5 Å². The van der Waals surface area contributed by atoms with Crippen LogP contribution in [-0.4, -0.2) is 388 Å². The number of aliphatic hydroxyl groups excluding tert-OH is 12. The van der Waals surface area contributed by atoms with Gasteiger partial charge in [0.1, 0.15) is 0 Å². The normalized spacial score (nSPS) is 14.4. The summed E-state index contributed by atoms with van der Waals surface area (Å²) in [7, 11) is 9.68. The van der Waals surface area contributed by atoms with E-state index in [0.717, 1.165) is 122 Å². The molecule has 3 unspecified atom stereocenters. The van der Waals surface area contributed by atoms with Crippen LogP contribution in [0.4, 0.5) is 0 Å². The summed E-state index contributed by atoms with van der Waals surface area (Å²) >= 11 is 0. The highest BCUT2D eigenvalue weighted by atomic mass is 16.7. The van der Waals surface area contributed by atoms with E-state index in [1.807, 2.05) is 39.0 Å². The fourth-order valence-corrected chi connectivity index (χ4v) is 5.70. The molecule has 0 aromatic heterocycles. The Morgan fingerprint density at radius 1 is 0.496 bits per heavy atom. The lowest BCUT2D eigenvalue weighted by molar-refractivity contribution is -0.137. The number of ether oxygens (including phenoxy) is 13. The van der Waals surface area contributed by atoms with E-state index >= 15 is 0 Å². The van der Waals surface area contributed by atoms with Crippen molar-refractivity contribution in [1.29, 1.82) is 0 Å². The largest absolute Gasteiger partial charge is 0.493 e. The minimum absolute atomic E-state index is 0.0139. The van der Waals surface area contributed by atoms with Gasteiger partial charge in [0.2, 0.25) is 0 Å². The molecule has 710 valence electrons. The maximum atomic E-state index is 8.31. The van der Waals surface area contributed by atoms with E-state index < -0.39 is 23.5 Å². The zero-order valence-corrected chi connectivity index (χ0v) is 73.2. The molecule has 1 aromatic rings. The lowest BCUT2D eigenvalue weighted by Gasteiger charge is -2.16. The average Bonchev–Trinajstić information content (AvgIpc) is 1.86. The summed E-state index contributed by atoms with van der Waals surface area (Å²) in [6.45, 7) is 25.8. The predicted octanol–water partition coefficient (Wildman–Crippen LogP) is -7.70. The first-order chi connectivity index (χ1) is 54.8. The Labute approximate surface area is 692 Å². The van der Waals surface area contributed by atoms with E-state index in [1.54, 1.807) is 63.4 Å². The lowest BCUT2D eigenvalue weighted by atomic mass is 10.1. The highest BCUT2D eigenvalue weighted by molar-refractivity contribution is 5.42. The standard InChI is InChI=1S/C10H15NO2.C6H13NO2.C5H11NO2.C5H11NO.C5H13NO.3C4H11NO2.3C4H11NO.2C3H9NO2.4C3H9NO/c1-12-9-4-3-8(5-6-11)7-10(9)13-2;1-6(2)8-4-5(3-7)9-6;6-2-1-5-7-3-4-8-5;6-4-5-2-1-3-7-5;6-4-2-1-3-5-7;1-6-4(3-5)7-2;1-4(5,2-6)3-7;5-1-3-7-4-2-6;1-6-4-2-3-5;1-2-6-4-3-5;5-3-1-2-4-6;4-3(1-5)2-6;4-1-3(6)2-5;1-5-3-2-4;2*1-3(5)2-4;4-2-1-3-5/h3-4,7H,5-6,11H2,1-2H3;5H,3-4,7H2,1-2H3;5H,1-4,6H2;5H,1-4,6H2;7H,1-6H2;4H,3,5H2,1-2H3;6-7H,2-3,5H2,1H3;6H,1-5H2;2*2-5H2,1H3;6H,1-5H2;2*3,5-6H,1-2,4H2;2-4H2,1H3;2*3,5H,2,4H2,1H3;5H,1-4H2/t;;;;;;;;;;;;;;2*3-;/m..............10./s1. The van der Waals surface area contributed by atoms with Crippen LogP contribution in [0.1, 0.15) is 111 Å². The minimum Gasteiger partial charge on any atom is -0.493 e. The van der Waals surface area contributed by atoms with Crippen LogP contribution in [0.5, 0.6) is 11.5 Å². The van der Waals surface area contributed by atoms with Gasteiger partial charge in [-0.05, 0) is 163 Å². The van der Waals surface area contributed by atoms with Gasteiger partial charge in [0.15, 0.2) is 29.9 Å². The van der Waals surface area contributed by atoms with Gasteiger partial charge in [-0.15, -0.1) is 0 Å². The third-order valence-electron chi connectivity index (χ3n) is 12.3. The molecule has 0 saturated carbocycles. The van der Waals surface area contributed by atoms with Gasteiger partial charge in [-0.3, -0.25) is 0 Å². The molecule has 3 heterocycles. The fourth-order valence-electron chi connectivity index (χ4n) is 5.70. The first kappa shape index (κ1) is 141. The molecular weight excluding hydrogens is 1510 g/mol. The molecule has 46 N–H and O–H groups in total. The molecule has 0 amide bonds. The predicted molar refractivity (Wildman–Crippen MR) is 458 cm³/mol. The van der Waals surface area contributed by atoms with Gasteiger partial charge in [0.25, 0.3) is 0 Å². The zero-order chi connectivity index (χ0) is 91.5. The second-order valence-corrected chi connectivity index (χ2v) is 24.2. The molecular formula is C73H183N17O25. The number of rotatable bonds is 40. The molecule has 3 saturated heterocycles. The quantitative estimate of drug-likeness (QED) is 0.0214. The fraction of sp³-hybridized carbons (Fsp3) is 0.918. The second-order valence-electron chi connectivity index (χ2n) is 24.2. The molecule has 3 aliphatic heterocycles. The van der Waals surface area contributed by atoms with Crippen molar-refractivity contribution in [1.82, 2.24) is 0 Å². The molecule has 0 aliphatic carbocycles. The van der Waals surface area contributed by atoms with Crippen LogP contribution in [0.2, 0.25) is 0 Å². The van der Waals surface area contributed by atoms with E-state index in [2.05, 4.69) is 4.74 Å². The second kappa shape index (κ2) is 127. The molecule has 3 fully saturated rings. The van der Waals surface area contributed by atoms with E-state index in [4.69, 9.17) is 216 Å². The molecule has 3 aliphatic rings. The van der Waals surface area contributed by atoms with Gasteiger partial charge in [-0.2, -0.15) is 0 Å². The molecule has 42 heteroatoms. The Morgan fingerprint density at radius 2 is 0.957 bits per heavy atom. The zero-order valence-electron chi connectivity index (χ0n) is 73.2. The Balaban J connectivity index is -0.0000000880. The average molecular weight is 1700 g/mol. The molecule has 5 atom stereocenters. The summed E-state index contributed by atoms with van der Waals surface area (Å²) in [5.74, 6) is 1.10. The first-order valence-corrected chi connectivity index (χ1v) is 39.0. The summed E-state index contributed by atoms with van der Waals surface area (Å²) in [5.41, 5.74) is 87.3. The SMILES string of the molecule is CC(N)(CO)CO.CC1(C)OCC(CN)O1.CCOCCN.COC(CN)OC.COCCCN.COCCN.COc1ccc(CCN)cc1OC.C[C@@H](O)CN.C[C@H](O)CN.NC(CO)CO.NCC(O)CO.NCC1CCCO1.NCCC1OCCO1.NCCCCCO.NCCCCO.NCCCO.NCCOCCO. The van der Waals surface area contributed by atoms with Crippen LogP contribution in [0.25, 0.3) is 0 Å². The number of methoxy groups -OCH3 is 6. The number of hydrogen-bond acceptors (Lipinski definition) is 42. The van der Waals surface area contributed by atoms with Crippen molar-refractivity contribution in [3.05, 3.63) is 23.8 Å². The van der Waals surface area contributed by atoms with Crippen LogP contribution >= 0.6 is 0 Å². The van der Waals surface area contributed by atoms with Crippen molar-refractivity contribution < 1.29 is 123 Å². The number of unbranched alkanes of at least 4 members (excludes halogenated alkanes) is 3. The van der Waals surface area contributed by atoms with E-state index in [1.165, 1.54) is 12.0 Å². The van der Waals surface area contributed by atoms with Gasteiger partial charge in [0.05, 0.1) is 142 Å². The molecule has 1 aromatic carbocycles. The third-order valence-corrected chi connectivity index (χ3v) is 12.3. The molecule has 0 radical (unpaired) electrons. The van der Waals surface area contributed by atoms with Crippen molar-refractivity contribution in [2.24, 2.45) is 97.5 Å². The van der Waals surface area contributed by atoms with Crippen molar-refractivity contribution >= 4 is 0 Å². The van der Waals surface area contributed by atoms with E-state index in [9.17, 15) is 0 Å². The summed E-state index contributed by atoms with van der Waals surface area (Å²) in [6, 6.07) is 5.38.